The van der Waals surface area contributed by atoms with E-state index in [0.717, 1.165) is 30.7 Å². The summed E-state index contributed by atoms with van der Waals surface area (Å²) in [6.07, 6.45) is 1.97. The molecule has 1 N–H and O–H groups in total. The molecule has 1 heterocycles. The van der Waals surface area contributed by atoms with E-state index in [1.165, 1.54) is 12.1 Å². The lowest BCUT2D eigenvalue weighted by Gasteiger charge is -2.04. The molecule has 1 aliphatic carbocycles. The highest BCUT2D eigenvalue weighted by Crippen LogP contribution is 2.40. The van der Waals surface area contributed by atoms with Crippen LogP contribution in [-0.4, -0.2) is 36.2 Å². The molecule has 1 aliphatic rings. The molecule has 1 aromatic heterocycles. The average molecular weight is 307 g/mol. The third-order valence-corrected chi connectivity index (χ3v) is 3.98. The molecule has 0 atom stereocenters. The summed E-state index contributed by atoms with van der Waals surface area (Å²) >= 11 is 1.06. The number of aromatic nitrogens is 4. The quantitative estimate of drug-likeness (QED) is 0.654. The summed E-state index contributed by atoms with van der Waals surface area (Å²) in [5.41, 5.74) is -0.405. The highest BCUT2D eigenvalue weighted by atomic mass is 32.2. The van der Waals surface area contributed by atoms with Crippen LogP contribution in [0.4, 0.5) is 5.69 Å². The predicted molar refractivity (Wildman–Crippen MR) is 70.3 cm³/mol. The molecule has 2 aromatic rings. The van der Waals surface area contributed by atoms with Gasteiger partial charge in [0, 0.05) is 6.07 Å². The standard InChI is InChI=1S/C11H9N5O4S/c17-10(18)6-1-4-9(8(5-6)16(19)20)21-11-12-13-14-15(11)7-2-3-7/h1,4-5,7H,2-3H2,(H,17,18). The summed E-state index contributed by atoms with van der Waals surface area (Å²) < 4.78 is 1.64. The number of carboxylic acids is 1. The lowest BCUT2D eigenvalue weighted by atomic mass is 10.2. The summed E-state index contributed by atoms with van der Waals surface area (Å²) in [6.45, 7) is 0. The largest absolute Gasteiger partial charge is 0.478 e. The lowest BCUT2D eigenvalue weighted by Crippen LogP contribution is -2.01. The second-order valence-corrected chi connectivity index (χ2v) is 5.49. The molecule has 0 aliphatic heterocycles. The van der Waals surface area contributed by atoms with Gasteiger partial charge in [-0.05, 0) is 47.2 Å². The number of hydrogen-bond acceptors (Lipinski definition) is 7. The maximum absolute atomic E-state index is 11.1. The topological polar surface area (TPSA) is 124 Å². The Balaban J connectivity index is 1.95. The smallest absolute Gasteiger partial charge is 0.335 e. The third kappa shape index (κ3) is 2.70. The fourth-order valence-corrected chi connectivity index (χ4v) is 2.71. The zero-order valence-corrected chi connectivity index (χ0v) is 11.4. The molecule has 0 spiro atoms. The van der Waals surface area contributed by atoms with Crippen molar-refractivity contribution >= 4 is 23.4 Å². The SMILES string of the molecule is O=C(O)c1ccc(Sc2nnnn2C2CC2)c([N+](=O)[O-])c1. The Morgan fingerprint density at radius 2 is 2.24 bits per heavy atom. The van der Waals surface area contributed by atoms with Gasteiger partial charge in [0.05, 0.1) is 21.4 Å². The van der Waals surface area contributed by atoms with E-state index in [1.54, 1.807) is 4.68 Å². The van der Waals surface area contributed by atoms with Crippen LogP contribution in [0.1, 0.15) is 29.2 Å². The van der Waals surface area contributed by atoms with Crippen LogP contribution < -0.4 is 0 Å². The van der Waals surface area contributed by atoms with Gasteiger partial charge >= 0.3 is 5.97 Å². The lowest BCUT2D eigenvalue weighted by molar-refractivity contribution is -0.387. The Kier molecular flexibility index (Phi) is 3.29. The molecule has 3 rings (SSSR count). The second-order valence-electron chi connectivity index (χ2n) is 4.48. The first-order valence-electron chi connectivity index (χ1n) is 6.03. The number of nitrogens with zero attached hydrogens (tertiary/aromatic N) is 5. The van der Waals surface area contributed by atoms with Gasteiger partial charge in [0.25, 0.3) is 5.69 Å². The Hall–Kier alpha value is -2.49. The first kappa shape index (κ1) is 13.5. The van der Waals surface area contributed by atoms with Gasteiger partial charge in [-0.2, -0.15) is 0 Å². The van der Waals surface area contributed by atoms with Crippen LogP contribution in [0.5, 0.6) is 0 Å². The van der Waals surface area contributed by atoms with E-state index >= 15 is 0 Å². The summed E-state index contributed by atoms with van der Waals surface area (Å²) in [5.74, 6) is -1.21. The summed E-state index contributed by atoms with van der Waals surface area (Å²) in [6, 6.07) is 4.01. The Labute approximate surface area is 122 Å². The highest BCUT2D eigenvalue weighted by molar-refractivity contribution is 7.99. The predicted octanol–water partition coefficient (Wildman–Crippen LogP) is 1.77. The minimum Gasteiger partial charge on any atom is -0.478 e. The van der Waals surface area contributed by atoms with Crippen LogP contribution in [0.25, 0.3) is 0 Å². The molecule has 0 radical (unpaired) electrons. The maximum Gasteiger partial charge on any atom is 0.335 e. The fraction of sp³-hybridized carbons (Fsp3) is 0.273. The van der Waals surface area contributed by atoms with Crippen molar-refractivity contribution in [3.63, 3.8) is 0 Å². The van der Waals surface area contributed by atoms with Gasteiger partial charge in [0.2, 0.25) is 5.16 Å². The van der Waals surface area contributed by atoms with Gasteiger partial charge in [-0.25, -0.2) is 9.48 Å². The van der Waals surface area contributed by atoms with E-state index in [0.29, 0.717) is 10.1 Å². The Morgan fingerprint density at radius 3 is 2.86 bits per heavy atom. The van der Waals surface area contributed by atoms with Gasteiger partial charge in [-0.3, -0.25) is 10.1 Å². The molecule has 1 saturated carbocycles. The first-order valence-corrected chi connectivity index (χ1v) is 6.85. The fourth-order valence-electron chi connectivity index (χ4n) is 1.78. The molecule has 0 amide bonds. The number of aromatic carboxylic acids is 1. The van der Waals surface area contributed by atoms with Gasteiger partial charge in [0.15, 0.2) is 0 Å². The van der Waals surface area contributed by atoms with E-state index in [9.17, 15) is 14.9 Å². The average Bonchev–Trinajstić information content (AvgIpc) is 3.19. The second kappa shape index (κ2) is 5.13. The summed E-state index contributed by atoms with van der Waals surface area (Å²) in [7, 11) is 0. The van der Waals surface area contributed by atoms with Crippen molar-refractivity contribution in [2.24, 2.45) is 0 Å². The van der Waals surface area contributed by atoms with Crippen molar-refractivity contribution in [3.8, 4) is 0 Å². The van der Waals surface area contributed by atoms with E-state index < -0.39 is 10.9 Å². The van der Waals surface area contributed by atoms with Crippen LogP contribution >= 0.6 is 11.8 Å². The number of nitro benzene ring substituents is 1. The molecule has 0 unspecified atom stereocenters. The van der Waals surface area contributed by atoms with Crippen molar-refractivity contribution in [2.45, 2.75) is 28.9 Å². The minimum absolute atomic E-state index is 0.132. The minimum atomic E-state index is -1.21. The van der Waals surface area contributed by atoms with Gasteiger partial charge in [0.1, 0.15) is 0 Å². The summed E-state index contributed by atoms with van der Waals surface area (Å²) in [5, 5.41) is 31.8. The van der Waals surface area contributed by atoms with Crippen LogP contribution in [0.15, 0.2) is 28.3 Å². The van der Waals surface area contributed by atoms with E-state index in [-0.39, 0.29) is 17.3 Å². The highest BCUT2D eigenvalue weighted by Gasteiger charge is 2.29. The van der Waals surface area contributed by atoms with Crippen molar-refractivity contribution in [3.05, 3.63) is 33.9 Å². The van der Waals surface area contributed by atoms with E-state index in [1.807, 2.05) is 0 Å². The maximum atomic E-state index is 11.1. The van der Waals surface area contributed by atoms with Crippen molar-refractivity contribution < 1.29 is 14.8 Å². The number of rotatable bonds is 5. The molecule has 21 heavy (non-hydrogen) atoms. The molecule has 0 bridgehead atoms. The van der Waals surface area contributed by atoms with Crippen molar-refractivity contribution in [1.29, 1.82) is 0 Å². The number of hydrogen-bond donors (Lipinski definition) is 1. The number of nitro groups is 1. The number of carbonyl (C=O) groups is 1. The van der Waals surface area contributed by atoms with Crippen molar-refractivity contribution in [1.82, 2.24) is 20.2 Å². The Morgan fingerprint density at radius 1 is 1.48 bits per heavy atom. The molecule has 1 fully saturated rings. The summed E-state index contributed by atoms with van der Waals surface area (Å²) in [4.78, 5) is 21.7. The van der Waals surface area contributed by atoms with Crippen LogP contribution in [-0.2, 0) is 0 Å². The Bertz CT molecular complexity index is 727. The number of tetrazole rings is 1. The van der Waals surface area contributed by atoms with Gasteiger partial charge in [-0.15, -0.1) is 5.10 Å². The van der Waals surface area contributed by atoms with Crippen LogP contribution in [0.2, 0.25) is 0 Å². The normalized spacial score (nSPS) is 14.1. The van der Waals surface area contributed by atoms with Gasteiger partial charge in [-0.1, -0.05) is 0 Å². The first-order chi connectivity index (χ1) is 10.1. The molecule has 9 nitrogen and oxygen atoms in total. The van der Waals surface area contributed by atoms with Crippen LogP contribution in [0.3, 0.4) is 0 Å². The third-order valence-electron chi connectivity index (χ3n) is 2.96. The van der Waals surface area contributed by atoms with E-state index in [4.69, 9.17) is 5.11 Å². The molecular formula is C11H9N5O4S. The van der Waals surface area contributed by atoms with Crippen LogP contribution in [0, 0.1) is 10.1 Å². The zero-order chi connectivity index (χ0) is 15.0. The molecule has 0 saturated heterocycles. The number of benzene rings is 1. The molecule has 10 heteroatoms. The molecular weight excluding hydrogens is 298 g/mol. The number of carboxylic acid groups (broad SMARTS) is 1. The molecule has 108 valence electrons. The van der Waals surface area contributed by atoms with Crippen molar-refractivity contribution in [2.75, 3.05) is 0 Å². The van der Waals surface area contributed by atoms with E-state index in [2.05, 4.69) is 15.5 Å². The zero-order valence-electron chi connectivity index (χ0n) is 10.5. The molecule has 1 aromatic carbocycles. The van der Waals surface area contributed by atoms with Gasteiger partial charge < -0.3 is 5.11 Å². The monoisotopic (exact) mass is 307 g/mol.